The summed E-state index contributed by atoms with van der Waals surface area (Å²) in [6.45, 7) is 2.63. The second-order valence-corrected chi connectivity index (χ2v) is 4.76. The highest BCUT2D eigenvalue weighted by atomic mass is 79.9. The maximum absolute atomic E-state index is 5.45. The van der Waals surface area contributed by atoms with Crippen molar-refractivity contribution in [2.24, 2.45) is 0 Å². The van der Waals surface area contributed by atoms with Gasteiger partial charge in [0.15, 0.2) is 0 Å². The SMILES string of the molecule is CCOc1cccc(-n2nc(Br)cc2Br)c1. The van der Waals surface area contributed by atoms with Gasteiger partial charge in [-0.3, -0.25) is 0 Å². The fraction of sp³-hybridized carbons (Fsp3) is 0.182. The van der Waals surface area contributed by atoms with Crippen LogP contribution in [0.3, 0.4) is 0 Å². The Bertz CT molecular complexity index is 496. The Kier molecular flexibility index (Phi) is 3.66. The van der Waals surface area contributed by atoms with Crippen LogP contribution in [0.15, 0.2) is 39.5 Å². The highest BCUT2D eigenvalue weighted by Crippen LogP contribution is 2.23. The number of benzene rings is 1. The number of aromatic nitrogens is 2. The van der Waals surface area contributed by atoms with Gasteiger partial charge in [0.25, 0.3) is 0 Å². The zero-order chi connectivity index (χ0) is 11.5. The molecule has 0 aliphatic heterocycles. The number of rotatable bonds is 3. The van der Waals surface area contributed by atoms with E-state index >= 15 is 0 Å². The maximum Gasteiger partial charge on any atom is 0.129 e. The first-order valence-corrected chi connectivity index (χ1v) is 6.43. The molecule has 16 heavy (non-hydrogen) atoms. The minimum absolute atomic E-state index is 0.660. The first-order chi connectivity index (χ1) is 7.70. The molecule has 0 saturated carbocycles. The molecule has 0 unspecified atom stereocenters. The van der Waals surface area contributed by atoms with Crippen molar-refractivity contribution in [2.45, 2.75) is 6.92 Å². The summed E-state index contributed by atoms with van der Waals surface area (Å²) in [4.78, 5) is 0. The molecular weight excluding hydrogens is 336 g/mol. The molecule has 84 valence electrons. The van der Waals surface area contributed by atoms with Crippen LogP contribution in [-0.4, -0.2) is 16.4 Å². The minimum Gasteiger partial charge on any atom is -0.494 e. The number of nitrogens with zero attached hydrogens (tertiary/aromatic N) is 2. The molecule has 0 bridgehead atoms. The molecular formula is C11H10Br2N2O. The summed E-state index contributed by atoms with van der Waals surface area (Å²) in [5.41, 5.74) is 0.962. The lowest BCUT2D eigenvalue weighted by atomic mass is 10.3. The van der Waals surface area contributed by atoms with Crippen molar-refractivity contribution in [1.82, 2.24) is 9.78 Å². The van der Waals surface area contributed by atoms with Crippen LogP contribution in [0.25, 0.3) is 5.69 Å². The van der Waals surface area contributed by atoms with Crippen molar-refractivity contribution >= 4 is 31.9 Å². The summed E-state index contributed by atoms with van der Waals surface area (Å²) in [7, 11) is 0. The van der Waals surface area contributed by atoms with Gasteiger partial charge in [-0.05, 0) is 50.9 Å². The Morgan fingerprint density at radius 2 is 2.12 bits per heavy atom. The van der Waals surface area contributed by atoms with Gasteiger partial charge >= 0.3 is 0 Å². The quantitative estimate of drug-likeness (QED) is 0.846. The van der Waals surface area contributed by atoms with Gasteiger partial charge in [0.1, 0.15) is 15.0 Å². The highest BCUT2D eigenvalue weighted by molar-refractivity contribution is 9.11. The molecule has 0 aliphatic carbocycles. The fourth-order valence-corrected chi connectivity index (χ4v) is 2.57. The average Bonchev–Trinajstić information content (AvgIpc) is 2.59. The average molecular weight is 346 g/mol. The van der Waals surface area contributed by atoms with E-state index in [0.29, 0.717) is 6.61 Å². The van der Waals surface area contributed by atoms with Crippen LogP contribution in [0.5, 0.6) is 5.75 Å². The third kappa shape index (κ3) is 2.47. The topological polar surface area (TPSA) is 27.1 Å². The number of ether oxygens (including phenoxy) is 1. The molecule has 0 radical (unpaired) electrons. The molecule has 0 aliphatic rings. The van der Waals surface area contributed by atoms with Gasteiger partial charge in [0.2, 0.25) is 0 Å². The molecule has 1 aromatic heterocycles. The number of halogens is 2. The fourth-order valence-electron chi connectivity index (χ4n) is 1.38. The van der Waals surface area contributed by atoms with E-state index in [9.17, 15) is 0 Å². The molecule has 2 aromatic rings. The number of hydrogen-bond donors (Lipinski definition) is 0. The van der Waals surface area contributed by atoms with E-state index in [0.717, 1.165) is 20.6 Å². The molecule has 0 N–H and O–H groups in total. The molecule has 2 rings (SSSR count). The standard InChI is InChI=1S/C11H10Br2N2O/c1-2-16-9-5-3-4-8(6-9)15-11(13)7-10(12)14-15/h3-7H,2H2,1H3. The Hall–Kier alpha value is -0.810. The second-order valence-electron chi connectivity index (χ2n) is 3.13. The van der Waals surface area contributed by atoms with Crippen molar-refractivity contribution in [3.8, 4) is 11.4 Å². The lowest BCUT2D eigenvalue weighted by Gasteiger charge is -2.06. The normalized spacial score (nSPS) is 10.4. The summed E-state index contributed by atoms with van der Waals surface area (Å²) in [6.07, 6.45) is 0. The summed E-state index contributed by atoms with van der Waals surface area (Å²) in [6, 6.07) is 9.70. The van der Waals surface area contributed by atoms with E-state index < -0.39 is 0 Å². The van der Waals surface area contributed by atoms with Gasteiger partial charge in [-0.25, -0.2) is 4.68 Å². The first kappa shape index (κ1) is 11.7. The van der Waals surface area contributed by atoms with E-state index in [1.807, 2.05) is 37.3 Å². The van der Waals surface area contributed by atoms with Crippen molar-refractivity contribution in [1.29, 1.82) is 0 Å². The molecule has 0 saturated heterocycles. The van der Waals surface area contributed by atoms with Crippen molar-refractivity contribution in [3.63, 3.8) is 0 Å². The molecule has 3 nitrogen and oxygen atoms in total. The smallest absolute Gasteiger partial charge is 0.129 e. The van der Waals surface area contributed by atoms with E-state index in [2.05, 4.69) is 37.0 Å². The monoisotopic (exact) mass is 344 g/mol. The second kappa shape index (κ2) is 5.01. The van der Waals surface area contributed by atoms with Gasteiger partial charge in [-0.1, -0.05) is 6.07 Å². The molecule has 0 atom stereocenters. The predicted octanol–water partition coefficient (Wildman–Crippen LogP) is 3.80. The predicted molar refractivity (Wildman–Crippen MR) is 70.1 cm³/mol. The van der Waals surface area contributed by atoms with E-state index in [1.165, 1.54) is 0 Å². The Morgan fingerprint density at radius 1 is 1.31 bits per heavy atom. The summed E-state index contributed by atoms with van der Waals surface area (Å²) < 4.78 is 8.93. The van der Waals surface area contributed by atoms with E-state index in [4.69, 9.17) is 4.74 Å². The van der Waals surface area contributed by atoms with Crippen LogP contribution in [0, 0.1) is 0 Å². The van der Waals surface area contributed by atoms with Crippen LogP contribution in [0.1, 0.15) is 6.92 Å². The van der Waals surface area contributed by atoms with Crippen LogP contribution in [0.4, 0.5) is 0 Å². The van der Waals surface area contributed by atoms with E-state index in [1.54, 1.807) is 4.68 Å². The van der Waals surface area contributed by atoms with Crippen LogP contribution >= 0.6 is 31.9 Å². The zero-order valence-electron chi connectivity index (χ0n) is 8.65. The lowest BCUT2D eigenvalue weighted by molar-refractivity contribution is 0.340. The third-order valence-corrected chi connectivity index (χ3v) is 2.96. The molecule has 1 heterocycles. The van der Waals surface area contributed by atoms with Gasteiger partial charge < -0.3 is 4.74 Å². The third-order valence-electron chi connectivity index (χ3n) is 2.01. The largest absolute Gasteiger partial charge is 0.494 e. The van der Waals surface area contributed by atoms with Crippen LogP contribution in [0.2, 0.25) is 0 Å². The lowest BCUT2D eigenvalue weighted by Crippen LogP contribution is -1.98. The molecule has 5 heteroatoms. The number of hydrogen-bond acceptors (Lipinski definition) is 2. The van der Waals surface area contributed by atoms with Crippen molar-refractivity contribution in [3.05, 3.63) is 39.5 Å². The van der Waals surface area contributed by atoms with Crippen LogP contribution < -0.4 is 4.74 Å². The molecule has 0 fully saturated rings. The minimum atomic E-state index is 0.660. The van der Waals surface area contributed by atoms with E-state index in [-0.39, 0.29) is 0 Å². The zero-order valence-corrected chi connectivity index (χ0v) is 11.8. The first-order valence-electron chi connectivity index (χ1n) is 4.85. The molecule has 0 amide bonds. The van der Waals surface area contributed by atoms with Gasteiger partial charge in [0, 0.05) is 12.1 Å². The van der Waals surface area contributed by atoms with Gasteiger partial charge in [0.05, 0.1) is 12.3 Å². The van der Waals surface area contributed by atoms with Gasteiger partial charge in [-0.15, -0.1) is 0 Å². The summed E-state index contributed by atoms with van der Waals surface area (Å²) in [5, 5.41) is 4.31. The Morgan fingerprint density at radius 3 is 2.75 bits per heavy atom. The van der Waals surface area contributed by atoms with Crippen molar-refractivity contribution in [2.75, 3.05) is 6.61 Å². The van der Waals surface area contributed by atoms with Gasteiger partial charge in [-0.2, -0.15) is 5.10 Å². The summed E-state index contributed by atoms with van der Waals surface area (Å²) in [5.74, 6) is 0.846. The Balaban J connectivity index is 2.40. The van der Waals surface area contributed by atoms with Crippen molar-refractivity contribution < 1.29 is 4.74 Å². The Labute approximate surface area is 111 Å². The van der Waals surface area contributed by atoms with Crippen LogP contribution in [-0.2, 0) is 0 Å². The summed E-state index contributed by atoms with van der Waals surface area (Å²) >= 11 is 6.78. The molecule has 0 spiro atoms. The maximum atomic E-state index is 5.45. The highest BCUT2D eigenvalue weighted by Gasteiger charge is 2.06. The molecule has 1 aromatic carbocycles.